The number of aromatic nitrogens is 4. The Balaban J connectivity index is 0.00000272. The minimum Gasteiger partial charge on any atom is -0.496 e. The summed E-state index contributed by atoms with van der Waals surface area (Å²) in [5, 5.41) is 19.2. The number of aromatic amines is 1. The van der Waals surface area contributed by atoms with Crippen LogP contribution in [-0.2, 0) is 0 Å². The number of hydrogen-bond donors (Lipinski definition) is 2. The highest BCUT2D eigenvalue weighted by Gasteiger charge is 2.18. The predicted molar refractivity (Wildman–Crippen MR) is 122 cm³/mol. The fourth-order valence-electron chi connectivity index (χ4n) is 3.53. The summed E-state index contributed by atoms with van der Waals surface area (Å²) >= 11 is 0. The minimum atomic E-state index is 0. The van der Waals surface area contributed by atoms with Gasteiger partial charge in [-0.2, -0.15) is 10.4 Å². The molecule has 0 aliphatic carbocycles. The highest BCUT2D eigenvalue weighted by Crippen LogP contribution is 2.34. The maximum Gasteiger partial charge on any atom is 0.158 e. The number of nitrogens with zero attached hydrogens (tertiary/aromatic N) is 6. The third-order valence-electron chi connectivity index (χ3n) is 5.26. The van der Waals surface area contributed by atoms with E-state index in [1.165, 1.54) is 12.4 Å². The summed E-state index contributed by atoms with van der Waals surface area (Å²) in [4.78, 5) is 13.0. The molecule has 1 fully saturated rings. The van der Waals surface area contributed by atoms with E-state index in [4.69, 9.17) is 10.00 Å². The summed E-state index contributed by atoms with van der Waals surface area (Å²) < 4.78 is 5.67. The molecule has 0 spiro atoms. The van der Waals surface area contributed by atoms with Gasteiger partial charge in [0.1, 0.15) is 17.6 Å². The Morgan fingerprint density at radius 3 is 2.58 bits per heavy atom. The average molecular weight is 441 g/mol. The molecule has 2 N–H and O–H groups in total. The van der Waals surface area contributed by atoms with Crippen molar-refractivity contribution in [3.05, 3.63) is 42.4 Å². The van der Waals surface area contributed by atoms with Gasteiger partial charge in [-0.15, -0.1) is 12.4 Å². The number of hydrogen-bond acceptors (Lipinski definition) is 8. The fourth-order valence-corrected chi connectivity index (χ4v) is 3.53. The third-order valence-corrected chi connectivity index (χ3v) is 5.26. The molecule has 1 aromatic carbocycles. The molecule has 4 rings (SSSR count). The molecule has 3 heterocycles. The zero-order valence-corrected chi connectivity index (χ0v) is 18.3. The number of anilines is 3. The molecular weight excluding hydrogens is 416 g/mol. The second-order valence-corrected chi connectivity index (χ2v) is 7.00. The van der Waals surface area contributed by atoms with Crippen molar-refractivity contribution in [2.75, 3.05) is 50.1 Å². The average Bonchev–Trinajstić information content (AvgIpc) is 3.27. The molecule has 31 heavy (non-hydrogen) atoms. The van der Waals surface area contributed by atoms with Crippen LogP contribution in [0, 0.1) is 11.3 Å². The molecule has 0 unspecified atom stereocenters. The lowest BCUT2D eigenvalue weighted by molar-refractivity contribution is 0.271. The van der Waals surface area contributed by atoms with Crippen molar-refractivity contribution in [1.29, 1.82) is 5.26 Å². The van der Waals surface area contributed by atoms with Gasteiger partial charge in [0.05, 0.1) is 25.2 Å². The smallest absolute Gasteiger partial charge is 0.158 e. The number of nitrogens with one attached hydrogen (secondary N) is 2. The molecule has 1 aliphatic rings. The fraction of sp³-hybridized carbons (Fsp3) is 0.333. The molecule has 0 bridgehead atoms. The topological polar surface area (TPSA) is 106 Å². The zero-order valence-electron chi connectivity index (χ0n) is 17.5. The van der Waals surface area contributed by atoms with Crippen molar-refractivity contribution in [2.24, 2.45) is 0 Å². The zero-order chi connectivity index (χ0) is 20.9. The number of piperazine rings is 1. The Bertz CT molecular complexity index is 1040. The standard InChI is InChI=1S/C21H24N8O.ClH/c1-3-28-6-8-29(9-7-28)16-4-5-17(19(10-16)30-2)18-11-20(27-26-18)25-21-14-23-15(12-22)13-24-21;/h4-5,10-11,13-14H,3,6-9H2,1-2H3,(H2,24,25,26,27);1H. The Morgan fingerprint density at radius 2 is 1.94 bits per heavy atom. The van der Waals surface area contributed by atoms with E-state index in [1.807, 2.05) is 12.1 Å². The van der Waals surface area contributed by atoms with E-state index in [0.29, 0.717) is 11.6 Å². The predicted octanol–water partition coefficient (Wildman–Crippen LogP) is 3.05. The van der Waals surface area contributed by atoms with Crippen molar-refractivity contribution >= 4 is 29.7 Å². The van der Waals surface area contributed by atoms with Crippen LogP contribution in [0.25, 0.3) is 11.3 Å². The van der Waals surface area contributed by atoms with Gasteiger partial charge >= 0.3 is 0 Å². The third kappa shape index (κ3) is 5.05. The van der Waals surface area contributed by atoms with Crippen LogP contribution in [0.15, 0.2) is 36.7 Å². The van der Waals surface area contributed by atoms with Gasteiger partial charge in [-0.3, -0.25) is 5.10 Å². The molecule has 0 amide bonds. The summed E-state index contributed by atoms with van der Waals surface area (Å²) in [5.74, 6) is 1.91. The first-order chi connectivity index (χ1) is 14.7. The van der Waals surface area contributed by atoms with E-state index >= 15 is 0 Å². The normalized spacial score (nSPS) is 13.9. The molecule has 0 saturated carbocycles. The number of H-pyrrole nitrogens is 1. The first-order valence-electron chi connectivity index (χ1n) is 9.90. The Morgan fingerprint density at radius 1 is 1.13 bits per heavy atom. The summed E-state index contributed by atoms with van der Waals surface area (Å²) in [7, 11) is 1.68. The first kappa shape index (κ1) is 22.3. The second-order valence-electron chi connectivity index (χ2n) is 7.00. The summed E-state index contributed by atoms with van der Waals surface area (Å²) in [6.07, 6.45) is 2.92. The van der Waals surface area contributed by atoms with Gasteiger partial charge in [-0.05, 0) is 18.7 Å². The summed E-state index contributed by atoms with van der Waals surface area (Å²) in [5.41, 5.74) is 3.19. The quantitative estimate of drug-likeness (QED) is 0.602. The molecule has 0 atom stereocenters. The van der Waals surface area contributed by atoms with Crippen LogP contribution in [0.5, 0.6) is 5.75 Å². The van der Waals surface area contributed by atoms with Crippen LogP contribution >= 0.6 is 12.4 Å². The Kier molecular flexibility index (Phi) is 7.28. The molecule has 1 aliphatic heterocycles. The van der Waals surface area contributed by atoms with Gasteiger partial charge in [0.15, 0.2) is 11.5 Å². The lowest BCUT2D eigenvalue weighted by Gasteiger charge is -2.35. The molecule has 0 radical (unpaired) electrons. The van der Waals surface area contributed by atoms with Crippen LogP contribution in [0.3, 0.4) is 0 Å². The number of benzene rings is 1. The maximum absolute atomic E-state index is 8.82. The summed E-state index contributed by atoms with van der Waals surface area (Å²) in [6.45, 7) is 7.48. The molecule has 3 aromatic rings. The number of nitriles is 1. The number of likely N-dealkylation sites (N-methyl/N-ethyl adjacent to an activating group) is 1. The van der Waals surface area contributed by atoms with Crippen molar-refractivity contribution in [3.8, 4) is 23.1 Å². The van der Waals surface area contributed by atoms with Crippen molar-refractivity contribution in [1.82, 2.24) is 25.1 Å². The number of halogens is 1. The van der Waals surface area contributed by atoms with Crippen molar-refractivity contribution in [2.45, 2.75) is 6.92 Å². The molecule has 162 valence electrons. The highest BCUT2D eigenvalue weighted by atomic mass is 35.5. The molecular formula is C21H25ClN8O. The van der Waals surface area contributed by atoms with Crippen LogP contribution in [0.4, 0.5) is 17.3 Å². The van der Waals surface area contributed by atoms with Crippen molar-refractivity contribution in [3.63, 3.8) is 0 Å². The van der Waals surface area contributed by atoms with Crippen LogP contribution in [0.1, 0.15) is 12.6 Å². The van der Waals surface area contributed by atoms with E-state index in [9.17, 15) is 0 Å². The van der Waals surface area contributed by atoms with Gasteiger partial charge in [0.2, 0.25) is 0 Å². The van der Waals surface area contributed by atoms with Crippen LogP contribution < -0.4 is 15.0 Å². The largest absolute Gasteiger partial charge is 0.496 e. The molecule has 1 saturated heterocycles. The van der Waals surface area contributed by atoms with Gasteiger partial charge in [-0.1, -0.05) is 6.92 Å². The minimum absolute atomic E-state index is 0. The highest BCUT2D eigenvalue weighted by molar-refractivity contribution is 5.85. The lowest BCUT2D eigenvalue weighted by atomic mass is 10.1. The number of rotatable bonds is 6. The van der Waals surface area contributed by atoms with Gasteiger partial charge in [0, 0.05) is 49.6 Å². The SMILES string of the molecule is CCN1CCN(c2ccc(-c3cc(Nc4cnc(C#N)cn4)n[nH]3)c(OC)c2)CC1.Cl. The van der Waals surface area contributed by atoms with Gasteiger partial charge in [0.25, 0.3) is 0 Å². The van der Waals surface area contributed by atoms with Crippen molar-refractivity contribution < 1.29 is 4.74 Å². The van der Waals surface area contributed by atoms with E-state index < -0.39 is 0 Å². The molecule has 9 nitrogen and oxygen atoms in total. The number of methoxy groups -OCH3 is 1. The maximum atomic E-state index is 8.82. The van der Waals surface area contributed by atoms with E-state index in [0.717, 1.165) is 55.4 Å². The van der Waals surface area contributed by atoms with E-state index in [-0.39, 0.29) is 18.1 Å². The Hall–Kier alpha value is -3.35. The summed E-state index contributed by atoms with van der Waals surface area (Å²) in [6, 6.07) is 10.1. The second kappa shape index (κ2) is 10.1. The van der Waals surface area contributed by atoms with Crippen LogP contribution in [0.2, 0.25) is 0 Å². The molecule has 2 aromatic heterocycles. The van der Waals surface area contributed by atoms with E-state index in [1.54, 1.807) is 7.11 Å². The van der Waals surface area contributed by atoms with Crippen LogP contribution in [-0.4, -0.2) is 64.9 Å². The Labute approximate surface area is 187 Å². The van der Waals surface area contributed by atoms with Gasteiger partial charge < -0.3 is 19.9 Å². The monoisotopic (exact) mass is 440 g/mol. The lowest BCUT2D eigenvalue weighted by Crippen LogP contribution is -2.46. The number of ether oxygens (including phenoxy) is 1. The van der Waals surface area contributed by atoms with E-state index in [2.05, 4.69) is 60.4 Å². The van der Waals surface area contributed by atoms with Gasteiger partial charge in [-0.25, -0.2) is 9.97 Å². The first-order valence-corrected chi connectivity index (χ1v) is 9.90. The molecule has 10 heteroatoms.